The molecule has 0 unspecified atom stereocenters. The Morgan fingerprint density at radius 3 is 2.61 bits per heavy atom. The quantitative estimate of drug-likeness (QED) is 0.620. The van der Waals surface area contributed by atoms with Gasteiger partial charge in [-0.2, -0.15) is 9.49 Å². The molecule has 6 heteroatoms. The van der Waals surface area contributed by atoms with E-state index in [1.54, 1.807) is 4.68 Å². The van der Waals surface area contributed by atoms with Crippen LogP contribution in [0.15, 0.2) is 24.3 Å². The van der Waals surface area contributed by atoms with Gasteiger partial charge in [0, 0.05) is 11.8 Å². The van der Waals surface area contributed by atoms with E-state index in [0.29, 0.717) is 12.1 Å². The standard InChI is InChI=1S/C12H12FN3O2/c1-8-5-9(2)15(14-8)7-10-3-4-12(16(17)18)11(13)6-10/h3-6H,7H2,1-2H3. The highest BCUT2D eigenvalue weighted by Gasteiger charge is 2.14. The van der Waals surface area contributed by atoms with Crippen LogP contribution in [0.25, 0.3) is 0 Å². The summed E-state index contributed by atoms with van der Waals surface area (Å²) in [5.41, 5.74) is 1.98. The summed E-state index contributed by atoms with van der Waals surface area (Å²) in [4.78, 5) is 9.76. The summed E-state index contributed by atoms with van der Waals surface area (Å²) in [7, 11) is 0. The number of aromatic nitrogens is 2. The summed E-state index contributed by atoms with van der Waals surface area (Å²) < 4.78 is 15.2. The van der Waals surface area contributed by atoms with Gasteiger partial charge in [-0.25, -0.2) is 0 Å². The van der Waals surface area contributed by atoms with E-state index in [2.05, 4.69) is 5.10 Å². The Morgan fingerprint density at radius 1 is 1.39 bits per heavy atom. The molecule has 0 saturated heterocycles. The first-order chi connectivity index (χ1) is 8.47. The summed E-state index contributed by atoms with van der Waals surface area (Å²) in [6, 6.07) is 5.81. The van der Waals surface area contributed by atoms with Gasteiger partial charge in [0.05, 0.1) is 17.2 Å². The van der Waals surface area contributed by atoms with Gasteiger partial charge in [-0.3, -0.25) is 14.8 Å². The molecule has 1 heterocycles. The van der Waals surface area contributed by atoms with Crippen molar-refractivity contribution >= 4 is 5.69 Å². The fourth-order valence-corrected chi connectivity index (χ4v) is 1.80. The van der Waals surface area contributed by atoms with Crippen LogP contribution in [0.3, 0.4) is 0 Å². The third kappa shape index (κ3) is 2.37. The lowest BCUT2D eigenvalue weighted by molar-refractivity contribution is -0.387. The molecule has 0 spiro atoms. The molecule has 0 aliphatic carbocycles. The van der Waals surface area contributed by atoms with Gasteiger partial charge in [-0.15, -0.1) is 0 Å². The van der Waals surface area contributed by atoms with Crippen LogP contribution >= 0.6 is 0 Å². The number of nitrogens with zero attached hydrogens (tertiary/aromatic N) is 3. The third-order valence-corrected chi connectivity index (χ3v) is 2.64. The summed E-state index contributed by atoms with van der Waals surface area (Å²) in [6.45, 7) is 4.18. The van der Waals surface area contributed by atoms with Crippen LogP contribution in [0.5, 0.6) is 0 Å². The third-order valence-electron chi connectivity index (χ3n) is 2.64. The highest BCUT2D eigenvalue weighted by atomic mass is 19.1. The van der Waals surface area contributed by atoms with Gasteiger partial charge in [0.25, 0.3) is 0 Å². The molecule has 0 amide bonds. The van der Waals surface area contributed by atoms with Crippen molar-refractivity contribution in [3.8, 4) is 0 Å². The van der Waals surface area contributed by atoms with E-state index in [0.717, 1.165) is 11.4 Å². The number of hydrogen-bond acceptors (Lipinski definition) is 3. The molecule has 5 nitrogen and oxygen atoms in total. The molecule has 94 valence electrons. The summed E-state index contributed by atoms with van der Waals surface area (Å²) >= 11 is 0. The van der Waals surface area contributed by atoms with Gasteiger partial charge in [0.1, 0.15) is 0 Å². The second kappa shape index (κ2) is 4.56. The van der Waals surface area contributed by atoms with Crippen molar-refractivity contribution in [2.75, 3.05) is 0 Å². The van der Waals surface area contributed by atoms with Gasteiger partial charge in [-0.1, -0.05) is 6.07 Å². The van der Waals surface area contributed by atoms with Crippen molar-refractivity contribution in [3.63, 3.8) is 0 Å². The average molecular weight is 249 g/mol. The maximum Gasteiger partial charge on any atom is 0.304 e. The summed E-state index contributed by atoms with van der Waals surface area (Å²) in [5.74, 6) is -0.820. The van der Waals surface area contributed by atoms with Crippen LogP contribution in [-0.2, 0) is 6.54 Å². The lowest BCUT2D eigenvalue weighted by Crippen LogP contribution is -2.04. The fraction of sp³-hybridized carbons (Fsp3) is 0.250. The van der Waals surface area contributed by atoms with Gasteiger partial charge < -0.3 is 0 Å². The second-order valence-electron chi connectivity index (χ2n) is 4.13. The Hall–Kier alpha value is -2.24. The van der Waals surface area contributed by atoms with E-state index in [1.807, 2.05) is 19.9 Å². The van der Waals surface area contributed by atoms with Crippen LogP contribution < -0.4 is 0 Å². The Balaban J connectivity index is 2.28. The molecule has 0 atom stereocenters. The number of nitro groups is 1. The van der Waals surface area contributed by atoms with Crippen molar-refractivity contribution < 1.29 is 9.31 Å². The van der Waals surface area contributed by atoms with E-state index < -0.39 is 16.4 Å². The minimum Gasteiger partial charge on any atom is -0.265 e. The number of rotatable bonds is 3. The highest BCUT2D eigenvalue weighted by Crippen LogP contribution is 2.18. The zero-order valence-electron chi connectivity index (χ0n) is 10.1. The number of hydrogen-bond donors (Lipinski definition) is 0. The van der Waals surface area contributed by atoms with Crippen LogP contribution in [-0.4, -0.2) is 14.7 Å². The molecule has 0 N–H and O–H groups in total. The molecule has 0 aliphatic rings. The number of benzene rings is 1. The molecule has 0 bridgehead atoms. The van der Waals surface area contributed by atoms with Crippen molar-refractivity contribution in [1.29, 1.82) is 0 Å². The Kier molecular flexibility index (Phi) is 3.10. The minimum absolute atomic E-state index is 0.397. The first-order valence-corrected chi connectivity index (χ1v) is 5.41. The molecule has 0 fully saturated rings. The van der Waals surface area contributed by atoms with Crippen molar-refractivity contribution in [1.82, 2.24) is 9.78 Å². The second-order valence-corrected chi connectivity index (χ2v) is 4.13. The summed E-state index contributed by atoms with van der Waals surface area (Å²) in [5, 5.41) is 14.7. The van der Waals surface area contributed by atoms with E-state index in [4.69, 9.17) is 0 Å². The van der Waals surface area contributed by atoms with Crippen LogP contribution in [0.1, 0.15) is 17.0 Å². The maximum absolute atomic E-state index is 13.4. The van der Waals surface area contributed by atoms with Gasteiger partial charge >= 0.3 is 5.69 Å². The molecule has 2 aromatic rings. The van der Waals surface area contributed by atoms with E-state index >= 15 is 0 Å². The highest BCUT2D eigenvalue weighted by molar-refractivity contribution is 5.35. The largest absolute Gasteiger partial charge is 0.304 e. The summed E-state index contributed by atoms with van der Waals surface area (Å²) in [6.07, 6.45) is 0. The topological polar surface area (TPSA) is 61.0 Å². The fourth-order valence-electron chi connectivity index (χ4n) is 1.80. The molecule has 0 radical (unpaired) electrons. The molecule has 0 saturated carbocycles. The minimum atomic E-state index is -0.820. The molecular formula is C12H12FN3O2. The molecule has 1 aromatic carbocycles. The van der Waals surface area contributed by atoms with Crippen molar-refractivity contribution in [2.24, 2.45) is 0 Å². The first-order valence-electron chi connectivity index (χ1n) is 5.41. The van der Waals surface area contributed by atoms with Crippen LogP contribution in [0.4, 0.5) is 10.1 Å². The smallest absolute Gasteiger partial charge is 0.265 e. The van der Waals surface area contributed by atoms with Crippen molar-refractivity contribution in [3.05, 3.63) is 57.1 Å². The predicted molar refractivity (Wildman–Crippen MR) is 63.9 cm³/mol. The SMILES string of the molecule is Cc1cc(C)n(Cc2ccc([N+](=O)[O-])c(F)c2)n1. The maximum atomic E-state index is 13.4. The molecular weight excluding hydrogens is 237 g/mol. The zero-order valence-corrected chi connectivity index (χ0v) is 10.1. The normalized spacial score (nSPS) is 10.6. The number of nitro benzene ring substituents is 1. The zero-order chi connectivity index (χ0) is 13.3. The van der Waals surface area contributed by atoms with Gasteiger partial charge in [-0.05, 0) is 31.5 Å². The Labute approximate surface area is 103 Å². The molecule has 2 rings (SSSR count). The predicted octanol–water partition coefficient (Wildman–Crippen LogP) is 2.60. The lowest BCUT2D eigenvalue weighted by Gasteiger charge is -2.04. The average Bonchev–Trinajstić information content (AvgIpc) is 2.57. The van der Waals surface area contributed by atoms with Crippen LogP contribution in [0, 0.1) is 29.8 Å². The number of aryl methyl sites for hydroxylation is 2. The first kappa shape index (κ1) is 12.2. The Bertz CT molecular complexity index is 607. The van der Waals surface area contributed by atoms with Crippen molar-refractivity contribution in [2.45, 2.75) is 20.4 Å². The van der Waals surface area contributed by atoms with E-state index in [-0.39, 0.29) is 0 Å². The van der Waals surface area contributed by atoms with E-state index in [9.17, 15) is 14.5 Å². The van der Waals surface area contributed by atoms with Gasteiger partial charge in [0.2, 0.25) is 5.82 Å². The van der Waals surface area contributed by atoms with Crippen LogP contribution in [0.2, 0.25) is 0 Å². The monoisotopic (exact) mass is 249 g/mol. The number of halogens is 1. The lowest BCUT2D eigenvalue weighted by atomic mass is 10.2. The van der Waals surface area contributed by atoms with E-state index in [1.165, 1.54) is 18.2 Å². The van der Waals surface area contributed by atoms with Gasteiger partial charge in [0.15, 0.2) is 0 Å². The Morgan fingerprint density at radius 2 is 2.11 bits per heavy atom. The molecule has 1 aromatic heterocycles. The molecule has 18 heavy (non-hydrogen) atoms. The molecule has 0 aliphatic heterocycles.